The number of sulfonamides is 1. The summed E-state index contributed by atoms with van der Waals surface area (Å²) in [4.78, 5) is 23.7. The molecular weight excluding hydrogens is 420 g/mol. The Hall–Kier alpha value is -1.78. The van der Waals surface area contributed by atoms with Crippen LogP contribution in [-0.2, 0) is 19.6 Å². The van der Waals surface area contributed by atoms with Crippen LogP contribution in [0.25, 0.3) is 0 Å². The van der Waals surface area contributed by atoms with Crippen LogP contribution in [0.3, 0.4) is 0 Å². The van der Waals surface area contributed by atoms with Crippen LogP contribution in [0.5, 0.6) is 5.88 Å². The lowest BCUT2D eigenvalue weighted by atomic mass is 9.85. The molecule has 0 aromatic carbocycles. The second-order valence-electron chi connectivity index (χ2n) is 9.11. The highest BCUT2D eigenvalue weighted by Gasteiger charge is 2.42. The summed E-state index contributed by atoms with van der Waals surface area (Å²) in [6, 6.07) is -0.671. The van der Waals surface area contributed by atoms with Crippen molar-refractivity contribution in [2.75, 3.05) is 19.8 Å². The zero-order valence-corrected chi connectivity index (χ0v) is 18.4. The molecule has 170 valence electrons. The molecule has 0 radical (unpaired) electrons. The van der Waals surface area contributed by atoms with Gasteiger partial charge in [0, 0.05) is 30.9 Å². The minimum absolute atomic E-state index is 0.109. The first kappa shape index (κ1) is 21.1. The van der Waals surface area contributed by atoms with E-state index in [1.807, 2.05) is 0 Å². The number of nitrogens with zero attached hydrogens (tertiary/aromatic N) is 3. The summed E-state index contributed by atoms with van der Waals surface area (Å²) >= 11 is 0. The normalized spacial score (nSPS) is 32.1. The van der Waals surface area contributed by atoms with E-state index in [-0.39, 0.29) is 41.9 Å². The molecule has 3 aliphatic heterocycles. The monoisotopic (exact) mass is 450 g/mol. The number of rotatable bonds is 3. The van der Waals surface area contributed by atoms with E-state index in [0.29, 0.717) is 38.3 Å². The van der Waals surface area contributed by atoms with E-state index in [0.717, 1.165) is 37.8 Å². The first-order chi connectivity index (χ1) is 15.0. The van der Waals surface area contributed by atoms with Crippen LogP contribution in [0.2, 0.25) is 0 Å². The Morgan fingerprint density at radius 2 is 1.81 bits per heavy atom. The van der Waals surface area contributed by atoms with Crippen LogP contribution >= 0.6 is 0 Å². The Kier molecular flexibility index (Phi) is 5.87. The molecule has 5 aliphatic rings. The Labute approximate surface area is 183 Å². The van der Waals surface area contributed by atoms with Crippen molar-refractivity contribution in [2.45, 2.75) is 80.7 Å². The topological polar surface area (TPSA) is 111 Å². The van der Waals surface area contributed by atoms with E-state index < -0.39 is 10.0 Å². The molecule has 2 aliphatic carbocycles. The molecule has 1 saturated heterocycles. The molecule has 2 bridgehead atoms. The highest BCUT2D eigenvalue weighted by atomic mass is 32.2. The van der Waals surface area contributed by atoms with Crippen LogP contribution in [0.15, 0.2) is 12.4 Å². The number of carbonyl (C=O) groups excluding carboxylic acids is 1. The zero-order valence-electron chi connectivity index (χ0n) is 17.6. The fourth-order valence-corrected chi connectivity index (χ4v) is 6.72. The molecule has 10 heteroatoms. The average molecular weight is 451 g/mol. The van der Waals surface area contributed by atoms with E-state index in [1.165, 1.54) is 0 Å². The predicted octanol–water partition coefficient (Wildman–Crippen LogP) is 1.35. The van der Waals surface area contributed by atoms with Gasteiger partial charge in [-0.1, -0.05) is 0 Å². The molecule has 2 saturated carbocycles. The second kappa shape index (κ2) is 8.63. The molecule has 1 N–H and O–H groups in total. The number of piperidine rings is 1. The summed E-state index contributed by atoms with van der Waals surface area (Å²) in [7, 11) is -3.36. The number of ether oxygens (including phenoxy) is 2. The summed E-state index contributed by atoms with van der Waals surface area (Å²) in [6.07, 6.45) is 9.89. The SMILES string of the molecule is O=C1COc2nccnc2C2CCC(CC2)OCC2[C@@H](NS(=O)(=O)C3CC3)CCCN12. The minimum atomic E-state index is -3.36. The number of hydrogen-bond acceptors (Lipinski definition) is 7. The van der Waals surface area contributed by atoms with Crippen LogP contribution in [-0.4, -0.2) is 72.4 Å². The molecule has 3 fully saturated rings. The van der Waals surface area contributed by atoms with Gasteiger partial charge in [-0.3, -0.25) is 9.78 Å². The largest absolute Gasteiger partial charge is 0.466 e. The van der Waals surface area contributed by atoms with Crippen molar-refractivity contribution in [2.24, 2.45) is 0 Å². The van der Waals surface area contributed by atoms with E-state index in [1.54, 1.807) is 17.3 Å². The Balaban J connectivity index is 1.40. The molecule has 1 unspecified atom stereocenters. The van der Waals surface area contributed by atoms with Gasteiger partial charge in [0.25, 0.3) is 5.91 Å². The first-order valence-electron chi connectivity index (χ1n) is 11.4. The summed E-state index contributed by atoms with van der Waals surface area (Å²) in [5.74, 6) is 0.506. The number of nitrogens with one attached hydrogen (secondary N) is 1. The number of hydrogen-bond donors (Lipinski definition) is 1. The smallest absolute Gasteiger partial charge is 0.260 e. The lowest BCUT2D eigenvalue weighted by molar-refractivity contribution is -0.140. The lowest BCUT2D eigenvalue weighted by Gasteiger charge is -2.42. The van der Waals surface area contributed by atoms with Crippen molar-refractivity contribution < 1.29 is 22.7 Å². The molecule has 1 aromatic rings. The zero-order chi connectivity index (χ0) is 21.4. The van der Waals surface area contributed by atoms with Gasteiger partial charge in [0.05, 0.1) is 24.0 Å². The molecule has 0 spiro atoms. The van der Waals surface area contributed by atoms with Gasteiger partial charge in [0.15, 0.2) is 6.61 Å². The quantitative estimate of drug-likeness (QED) is 0.740. The van der Waals surface area contributed by atoms with Crippen molar-refractivity contribution in [1.82, 2.24) is 19.6 Å². The highest BCUT2D eigenvalue weighted by Crippen LogP contribution is 2.37. The van der Waals surface area contributed by atoms with Gasteiger partial charge >= 0.3 is 0 Å². The highest BCUT2D eigenvalue weighted by molar-refractivity contribution is 7.90. The fourth-order valence-electron chi connectivity index (χ4n) is 5.07. The third kappa shape index (κ3) is 4.56. The second-order valence-corrected chi connectivity index (χ2v) is 11.1. The first-order valence-corrected chi connectivity index (χ1v) is 12.9. The Morgan fingerprint density at radius 1 is 1.03 bits per heavy atom. The fraction of sp³-hybridized carbons (Fsp3) is 0.762. The van der Waals surface area contributed by atoms with Gasteiger partial charge in [-0.2, -0.15) is 0 Å². The predicted molar refractivity (Wildman–Crippen MR) is 112 cm³/mol. The molecular formula is C21H30N4O5S. The van der Waals surface area contributed by atoms with Gasteiger partial charge in [0.1, 0.15) is 5.69 Å². The molecule has 2 atom stereocenters. The van der Waals surface area contributed by atoms with Crippen LogP contribution in [0.4, 0.5) is 0 Å². The lowest BCUT2D eigenvalue weighted by Crippen LogP contribution is -2.60. The van der Waals surface area contributed by atoms with E-state index in [2.05, 4.69) is 14.7 Å². The van der Waals surface area contributed by atoms with Crippen molar-refractivity contribution >= 4 is 15.9 Å². The van der Waals surface area contributed by atoms with Gasteiger partial charge in [-0.15, -0.1) is 0 Å². The van der Waals surface area contributed by atoms with Crippen molar-refractivity contribution in [3.8, 4) is 5.88 Å². The van der Waals surface area contributed by atoms with Crippen molar-refractivity contribution in [1.29, 1.82) is 0 Å². The summed E-state index contributed by atoms with van der Waals surface area (Å²) in [5.41, 5.74) is 0.818. The maximum Gasteiger partial charge on any atom is 0.260 e. The molecule has 6 rings (SSSR count). The number of amides is 1. The van der Waals surface area contributed by atoms with Gasteiger partial charge in [-0.25, -0.2) is 18.1 Å². The third-order valence-electron chi connectivity index (χ3n) is 6.97. The van der Waals surface area contributed by atoms with Crippen LogP contribution in [0.1, 0.15) is 63.0 Å². The van der Waals surface area contributed by atoms with E-state index >= 15 is 0 Å². The number of carbonyl (C=O) groups is 1. The molecule has 9 nitrogen and oxygen atoms in total. The minimum Gasteiger partial charge on any atom is -0.466 e. The van der Waals surface area contributed by atoms with Crippen LogP contribution in [0, 0.1) is 0 Å². The molecule has 4 heterocycles. The molecule has 31 heavy (non-hydrogen) atoms. The standard InChI is InChI=1S/C21H30N4O5S/c26-19-13-30-21-20(22-9-10-23-21)14-3-5-15(6-4-14)29-12-18-17(2-1-11-25(18)19)24-31(27,28)16-7-8-16/h9-10,14-18,24H,1-8,11-13H2/t14?,15?,17-,18?/m0/s1. The maximum absolute atomic E-state index is 13.1. The summed E-state index contributed by atoms with van der Waals surface area (Å²) in [6.45, 7) is 0.765. The van der Waals surface area contributed by atoms with Crippen molar-refractivity contribution in [3.63, 3.8) is 0 Å². The summed E-state index contributed by atoms with van der Waals surface area (Å²) in [5, 5.41) is -0.289. The van der Waals surface area contributed by atoms with Crippen molar-refractivity contribution in [3.05, 3.63) is 18.1 Å². The van der Waals surface area contributed by atoms with E-state index in [9.17, 15) is 13.2 Å². The maximum atomic E-state index is 13.1. The molecule has 1 aromatic heterocycles. The summed E-state index contributed by atoms with van der Waals surface area (Å²) < 4.78 is 40.2. The van der Waals surface area contributed by atoms with E-state index in [4.69, 9.17) is 9.47 Å². The van der Waals surface area contributed by atoms with Crippen LogP contribution < -0.4 is 9.46 Å². The number of fused-ring (bicyclic) bond motifs is 5. The average Bonchev–Trinajstić information content (AvgIpc) is 3.63. The van der Waals surface area contributed by atoms with Gasteiger partial charge < -0.3 is 14.4 Å². The number of aromatic nitrogens is 2. The Morgan fingerprint density at radius 3 is 2.58 bits per heavy atom. The Bertz CT molecular complexity index is 914. The van der Waals surface area contributed by atoms with Gasteiger partial charge in [0.2, 0.25) is 15.9 Å². The third-order valence-corrected chi connectivity index (χ3v) is 8.95. The van der Waals surface area contributed by atoms with Gasteiger partial charge in [-0.05, 0) is 51.4 Å². The molecule has 1 amide bonds.